The number of aryl methyl sites for hydroxylation is 1. The molecule has 1 aromatic heterocycles. The van der Waals surface area contributed by atoms with Crippen molar-refractivity contribution in [1.82, 2.24) is 4.98 Å². The highest BCUT2D eigenvalue weighted by molar-refractivity contribution is 5.25. The van der Waals surface area contributed by atoms with Gasteiger partial charge in [-0.15, -0.1) is 0 Å². The maximum atomic E-state index is 7.24. The van der Waals surface area contributed by atoms with E-state index in [2.05, 4.69) is 9.83 Å². The molecule has 1 saturated heterocycles. The molecular formula is C13H16N2O. The summed E-state index contributed by atoms with van der Waals surface area (Å²) in [5.41, 5.74) is 1.81. The number of nitrogens with zero attached hydrogens (tertiary/aromatic N) is 2. The zero-order valence-electron chi connectivity index (χ0n) is 9.73. The molecule has 2 rings (SSSR count). The van der Waals surface area contributed by atoms with Crippen LogP contribution in [-0.2, 0) is 10.2 Å². The molecule has 2 unspecified atom stereocenters. The van der Waals surface area contributed by atoms with E-state index in [1.54, 1.807) is 0 Å². The van der Waals surface area contributed by atoms with Gasteiger partial charge in [-0.05, 0) is 25.5 Å². The number of rotatable bonds is 2. The molecule has 3 nitrogen and oxygen atoms in total. The standard InChI is InChI=1S/C13H16N2O/c1-10-5-4-6-12(15-10)13(11(2)14-3)7-8-16-9-13/h4-6,11H,7-9H2,1-2H3. The molecule has 16 heavy (non-hydrogen) atoms. The van der Waals surface area contributed by atoms with E-state index in [-0.39, 0.29) is 11.5 Å². The number of hydrogen-bond acceptors (Lipinski definition) is 2. The zero-order chi connectivity index (χ0) is 11.6. The molecule has 0 spiro atoms. The van der Waals surface area contributed by atoms with Crippen molar-refractivity contribution in [3.8, 4) is 0 Å². The lowest BCUT2D eigenvalue weighted by molar-refractivity contribution is 0.173. The van der Waals surface area contributed by atoms with E-state index in [1.165, 1.54) is 0 Å². The van der Waals surface area contributed by atoms with E-state index >= 15 is 0 Å². The third kappa shape index (κ3) is 1.70. The highest BCUT2D eigenvalue weighted by Crippen LogP contribution is 2.37. The minimum absolute atomic E-state index is 0.0794. The van der Waals surface area contributed by atoms with Gasteiger partial charge in [0, 0.05) is 19.2 Å². The Labute approximate surface area is 96.3 Å². The Bertz CT molecular complexity index is 416. The molecule has 1 fully saturated rings. The van der Waals surface area contributed by atoms with Crippen LogP contribution in [0.1, 0.15) is 24.7 Å². The van der Waals surface area contributed by atoms with Crippen molar-refractivity contribution in [2.24, 2.45) is 0 Å². The Hall–Kier alpha value is -1.40. The van der Waals surface area contributed by atoms with Crippen molar-refractivity contribution in [2.45, 2.75) is 31.7 Å². The molecule has 0 aliphatic carbocycles. The second-order valence-corrected chi connectivity index (χ2v) is 4.43. The fraction of sp³-hybridized carbons (Fsp3) is 0.538. The zero-order valence-corrected chi connectivity index (χ0v) is 9.73. The van der Waals surface area contributed by atoms with Crippen LogP contribution in [0.4, 0.5) is 0 Å². The SMILES string of the molecule is [C-]#[N+]C(C)C1(c2cccc(C)n2)CCOC1. The molecule has 84 valence electrons. The number of hydrogen-bond donors (Lipinski definition) is 0. The normalized spacial score (nSPS) is 26.3. The third-order valence-corrected chi connectivity index (χ3v) is 3.44. The van der Waals surface area contributed by atoms with Gasteiger partial charge >= 0.3 is 0 Å². The summed E-state index contributed by atoms with van der Waals surface area (Å²) in [5, 5.41) is 0. The largest absolute Gasteiger partial charge is 0.380 e. The van der Waals surface area contributed by atoms with Crippen molar-refractivity contribution in [3.63, 3.8) is 0 Å². The topological polar surface area (TPSA) is 26.5 Å². The summed E-state index contributed by atoms with van der Waals surface area (Å²) >= 11 is 0. The van der Waals surface area contributed by atoms with Gasteiger partial charge in [0.25, 0.3) is 0 Å². The molecule has 0 bridgehead atoms. The summed E-state index contributed by atoms with van der Waals surface area (Å²) in [6, 6.07) is 5.93. The summed E-state index contributed by atoms with van der Waals surface area (Å²) in [6.07, 6.45) is 0.896. The van der Waals surface area contributed by atoms with E-state index < -0.39 is 0 Å². The summed E-state index contributed by atoms with van der Waals surface area (Å²) in [4.78, 5) is 8.25. The van der Waals surface area contributed by atoms with Crippen LogP contribution in [0.3, 0.4) is 0 Å². The maximum absolute atomic E-state index is 7.24. The first-order valence-corrected chi connectivity index (χ1v) is 5.57. The molecule has 0 N–H and O–H groups in total. The number of pyridine rings is 1. The monoisotopic (exact) mass is 216 g/mol. The van der Waals surface area contributed by atoms with Crippen LogP contribution in [0.15, 0.2) is 18.2 Å². The van der Waals surface area contributed by atoms with E-state index in [1.807, 2.05) is 32.0 Å². The minimum atomic E-state index is -0.201. The number of ether oxygens (including phenoxy) is 1. The molecule has 1 aliphatic heterocycles. The Morgan fingerprint density at radius 3 is 2.94 bits per heavy atom. The molecule has 2 heterocycles. The predicted molar refractivity (Wildman–Crippen MR) is 62.2 cm³/mol. The second kappa shape index (κ2) is 4.23. The lowest BCUT2D eigenvalue weighted by Crippen LogP contribution is -2.37. The summed E-state index contributed by atoms with van der Waals surface area (Å²) in [6.45, 7) is 12.5. The molecule has 3 heteroatoms. The van der Waals surface area contributed by atoms with Crippen LogP contribution in [0, 0.1) is 13.5 Å². The Balaban J connectivity index is 2.44. The predicted octanol–water partition coefficient (Wildman–Crippen LogP) is 2.36. The third-order valence-electron chi connectivity index (χ3n) is 3.44. The van der Waals surface area contributed by atoms with Crippen molar-refractivity contribution in [2.75, 3.05) is 13.2 Å². The highest BCUT2D eigenvalue weighted by Gasteiger charge is 2.47. The second-order valence-electron chi connectivity index (χ2n) is 4.43. The first-order valence-electron chi connectivity index (χ1n) is 5.57. The van der Waals surface area contributed by atoms with Gasteiger partial charge in [-0.3, -0.25) is 4.98 Å². The molecule has 1 aromatic rings. The molecule has 1 aliphatic rings. The lowest BCUT2D eigenvalue weighted by atomic mass is 9.77. The molecule has 0 radical (unpaired) electrons. The van der Waals surface area contributed by atoms with Gasteiger partial charge in [-0.2, -0.15) is 0 Å². The van der Waals surface area contributed by atoms with Gasteiger partial charge in [0.2, 0.25) is 6.04 Å². The van der Waals surface area contributed by atoms with Crippen molar-refractivity contribution >= 4 is 0 Å². The molecule has 0 saturated carbocycles. The molecule has 2 atom stereocenters. The van der Waals surface area contributed by atoms with Crippen molar-refractivity contribution in [3.05, 3.63) is 41.0 Å². The van der Waals surface area contributed by atoms with Crippen LogP contribution in [-0.4, -0.2) is 24.2 Å². The van der Waals surface area contributed by atoms with Gasteiger partial charge in [-0.1, -0.05) is 6.07 Å². The van der Waals surface area contributed by atoms with Gasteiger partial charge in [0.15, 0.2) is 0 Å². The van der Waals surface area contributed by atoms with Crippen LogP contribution in [0.2, 0.25) is 0 Å². The first-order chi connectivity index (χ1) is 7.69. The molecule has 0 aromatic carbocycles. The molecular weight excluding hydrogens is 200 g/mol. The Morgan fingerprint density at radius 1 is 1.56 bits per heavy atom. The van der Waals surface area contributed by atoms with E-state index in [0.717, 1.165) is 24.4 Å². The highest BCUT2D eigenvalue weighted by atomic mass is 16.5. The minimum Gasteiger partial charge on any atom is -0.380 e. The van der Waals surface area contributed by atoms with Crippen LogP contribution >= 0.6 is 0 Å². The van der Waals surface area contributed by atoms with Gasteiger partial charge < -0.3 is 9.58 Å². The van der Waals surface area contributed by atoms with Crippen LogP contribution in [0.5, 0.6) is 0 Å². The summed E-state index contributed by atoms with van der Waals surface area (Å²) in [5.74, 6) is 0. The smallest absolute Gasteiger partial charge is 0.234 e. The average Bonchev–Trinajstić information content (AvgIpc) is 2.78. The fourth-order valence-corrected chi connectivity index (χ4v) is 2.27. The van der Waals surface area contributed by atoms with Gasteiger partial charge in [0.1, 0.15) is 5.41 Å². The van der Waals surface area contributed by atoms with Crippen LogP contribution in [0.25, 0.3) is 4.85 Å². The van der Waals surface area contributed by atoms with Crippen LogP contribution < -0.4 is 0 Å². The summed E-state index contributed by atoms with van der Waals surface area (Å²) in [7, 11) is 0. The van der Waals surface area contributed by atoms with Crippen molar-refractivity contribution in [1.29, 1.82) is 0 Å². The Morgan fingerprint density at radius 2 is 2.38 bits per heavy atom. The molecule has 0 amide bonds. The quantitative estimate of drug-likeness (QED) is 0.709. The van der Waals surface area contributed by atoms with Crippen molar-refractivity contribution < 1.29 is 4.74 Å². The van der Waals surface area contributed by atoms with E-state index in [0.29, 0.717) is 6.61 Å². The van der Waals surface area contributed by atoms with E-state index in [4.69, 9.17) is 11.3 Å². The average molecular weight is 216 g/mol. The maximum Gasteiger partial charge on any atom is 0.234 e. The van der Waals surface area contributed by atoms with E-state index in [9.17, 15) is 0 Å². The fourth-order valence-electron chi connectivity index (χ4n) is 2.27. The lowest BCUT2D eigenvalue weighted by Gasteiger charge is -2.25. The summed E-state index contributed by atoms with van der Waals surface area (Å²) < 4.78 is 5.49. The van der Waals surface area contributed by atoms with Gasteiger partial charge in [0.05, 0.1) is 12.3 Å². The number of aromatic nitrogens is 1. The first kappa shape index (κ1) is 11.1. The van der Waals surface area contributed by atoms with Gasteiger partial charge in [-0.25, -0.2) is 6.57 Å². The Kier molecular flexibility index (Phi) is 2.93.